The van der Waals surface area contributed by atoms with E-state index < -0.39 is 0 Å². The van der Waals surface area contributed by atoms with Crippen LogP contribution in [0.5, 0.6) is 0 Å². The van der Waals surface area contributed by atoms with Crippen LogP contribution in [0.2, 0.25) is 0 Å². The summed E-state index contributed by atoms with van der Waals surface area (Å²) in [7, 11) is 0. The van der Waals surface area contributed by atoms with Gasteiger partial charge in [-0.1, -0.05) is 12.1 Å². The summed E-state index contributed by atoms with van der Waals surface area (Å²) >= 11 is 3.43. The molecule has 6 heteroatoms. The fraction of sp³-hybridized carbons (Fsp3) is 0.529. The minimum absolute atomic E-state index is 0.0288. The average Bonchev–Trinajstić information content (AvgIpc) is 3.11. The van der Waals surface area contributed by atoms with E-state index in [0.717, 1.165) is 23.0 Å². The van der Waals surface area contributed by atoms with Crippen LogP contribution in [0.3, 0.4) is 0 Å². The fourth-order valence-corrected chi connectivity index (χ4v) is 3.52. The summed E-state index contributed by atoms with van der Waals surface area (Å²) in [5.74, 6) is 0.0731. The molecule has 1 unspecified atom stereocenters. The van der Waals surface area contributed by atoms with Crippen molar-refractivity contribution in [1.82, 2.24) is 4.90 Å². The maximum atomic E-state index is 12.4. The second kappa shape index (κ2) is 7.45. The molecule has 124 valence electrons. The highest BCUT2D eigenvalue weighted by Crippen LogP contribution is 2.25. The van der Waals surface area contributed by atoms with Gasteiger partial charge in [0.05, 0.1) is 5.69 Å². The Morgan fingerprint density at radius 2 is 1.91 bits per heavy atom. The predicted octanol–water partition coefficient (Wildman–Crippen LogP) is 2.81. The van der Waals surface area contributed by atoms with Crippen LogP contribution in [-0.2, 0) is 14.3 Å². The molecule has 2 aliphatic heterocycles. The number of rotatable bonds is 3. The van der Waals surface area contributed by atoms with Gasteiger partial charge in [0.1, 0.15) is 6.10 Å². The van der Waals surface area contributed by atoms with Crippen molar-refractivity contribution in [3.05, 3.63) is 28.7 Å². The monoisotopic (exact) mass is 380 g/mol. The number of likely N-dealkylation sites (tertiary alicyclic amines) is 1. The molecule has 0 aliphatic carbocycles. The SMILES string of the molecule is O=C(Nc1ccccc1Br)C1CCN(C(=O)C2CCCO2)CC1. The number of amides is 2. The van der Waals surface area contributed by atoms with Crippen molar-refractivity contribution in [3.8, 4) is 0 Å². The quantitative estimate of drug-likeness (QED) is 0.876. The molecule has 0 spiro atoms. The Morgan fingerprint density at radius 1 is 1.17 bits per heavy atom. The molecule has 0 radical (unpaired) electrons. The molecule has 1 aromatic carbocycles. The van der Waals surface area contributed by atoms with Gasteiger partial charge >= 0.3 is 0 Å². The van der Waals surface area contributed by atoms with Crippen LogP contribution in [0, 0.1) is 5.92 Å². The molecule has 0 saturated carbocycles. The number of para-hydroxylation sites is 1. The molecule has 1 N–H and O–H groups in total. The van der Waals surface area contributed by atoms with Crippen LogP contribution < -0.4 is 5.32 Å². The average molecular weight is 381 g/mol. The van der Waals surface area contributed by atoms with Crippen LogP contribution in [0.15, 0.2) is 28.7 Å². The summed E-state index contributed by atoms with van der Waals surface area (Å²) in [4.78, 5) is 26.5. The number of hydrogen-bond acceptors (Lipinski definition) is 3. The minimum atomic E-state index is -0.263. The second-order valence-electron chi connectivity index (χ2n) is 6.07. The van der Waals surface area contributed by atoms with Gasteiger partial charge < -0.3 is 15.0 Å². The van der Waals surface area contributed by atoms with Crippen molar-refractivity contribution in [2.45, 2.75) is 31.8 Å². The highest BCUT2D eigenvalue weighted by atomic mass is 79.9. The van der Waals surface area contributed by atoms with Crippen LogP contribution >= 0.6 is 15.9 Å². The lowest BCUT2D eigenvalue weighted by Crippen LogP contribution is -2.45. The molecule has 23 heavy (non-hydrogen) atoms. The van der Waals surface area contributed by atoms with Gasteiger partial charge in [0.25, 0.3) is 5.91 Å². The van der Waals surface area contributed by atoms with Gasteiger partial charge in [0, 0.05) is 30.1 Å². The summed E-state index contributed by atoms with van der Waals surface area (Å²) in [5.41, 5.74) is 0.787. The van der Waals surface area contributed by atoms with E-state index in [4.69, 9.17) is 4.74 Å². The van der Waals surface area contributed by atoms with Crippen LogP contribution in [0.1, 0.15) is 25.7 Å². The third-order valence-corrected chi connectivity index (χ3v) is 5.21. The molecule has 1 aromatic rings. The van der Waals surface area contributed by atoms with Crippen LogP contribution in [0.4, 0.5) is 5.69 Å². The lowest BCUT2D eigenvalue weighted by molar-refractivity contribution is -0.143. The Labute approximate surface area is 144 Å². The largest absolute Gasteiger partial charge is 0.368 e. The van der Waals surface area contributed by atoms with Gasteiger partial charge in [-0.2, -0.15) is 0 Å². The molecule has 2 heterocycles. The predicted molar refractivity (Wildman–Crippen MR) is 91.0 cm³/mol. The Balaban J connectivity index is 1.51. The second-order valence-corrected chi connectivity index (χ2v) is 6.92. The number of carbonyl (C=O) groups excluding carboxylic acids is 2. The number of ether oxygens (including phenoxy) is 1. The van der Waals surface area contributed by atoms with E-state index in [1.165, 1.54) is 0 Å². The summed E-state index contributed by atoms with van der Waals surface area (Å²) in [5, 5.41) is 2.97. The van der Waals surface area contributed by atoms with Crippen molar-refractivity contribution in [2.75, 3.05) is 25.0 Å². The first kappa shape index (κ1) is 16.5. The lowest BCUT2D eigenvalue weighted by Gasteiger charge is -2.32. The number of benzene rings is 1. The first-order valence-corrected chi connectivity index (χ1v) is 8.90. The van der Waals surface area contributed by atoms with E-state index in [1.807, 2.05) is 29.2 Å². The summed E-state index contributed by atoms with van der Waals surface area (Å²) in [6.45, 7) is 1.95. The maximum Gasteiger partial charge on any atom is 0.251 e. The van der Waals surface area contributed by atoms with Gasteiger partial charge in [0.2, 0.25) is 5.91 Å². The normalized spacial score (nSPS) is 22.1. The molecule has 0 bridgehead atoms. The van der Waals surface area contributed by atoms with Crippen molar-refractivity contribution < 1.29 is 14.3 Å². The highest BCUT2D eigenvalue weighted by molar-refractivity contribution is 9.10. The highest BCUT2D eigenvalue weighted by Gasteiger charge is 2.32. The third kappa shape index (κ3) is 3.93. The number of halogens is 1. The van der Waals surface area contributed by atoms with E-state index in [9.17, 15) is 9.59 Å². The van der Waals surface area contributed by atoms with Gasteiger partial charge in [0.15, 0.2) is 0 Å². The van der Waals surface area contributed by atoms with E-state index in [1.54, 1.807) is 0 Å². The first-order valence-electron chi connectivity index (χ1n) is 8.11. The third-order valence-electron chi connectivity index (χ3n) is 4.51. The Kier molecular flexibility index (Phi) is 5.33. The molecule has 5 nitrogen and oxygen atoms in total. The lowest BCUT2D eigenvalue weighted by atomic mass is 9.95. The number of piperidine rings is 1. The van der Waals surface area contributed by atoms with Crippen molar-refractivity contribution in [1.29, 1.82) is 0 Å². The Morgan fingerprint density at radius 3 is 2.57 bits per heavy atom. The molecule has 2 fully saturated rings. The molecule has 1 atom stereocenters. The van der Waals surface area contributed by atoms with Gasteiger partial charge in [-0.25, -0.2) is 0 Å². The number of hydrogen-bond donors (Lipinski definition) is 1. The zero-order chi connectivity index (χ0) is 16.2. The number of nitrogens with one attached hydrogen (secondary N) is 1. The maximum absolute atomic E-state index is 12.4. The van der Waals surface area contributed by atoms with Crippen molar-refractivity contribution in [3.63, 3.8) is 0 Å². The summed E-state index contributed by atoms with van der Waals surface area (Å²) in [6, 6.07) is 7.58. The number of nitrogens with zero attached hydrogens (tertiary/aromatic N) is 1. The topological polar surface area (TPSA) is 58.6 Å². The van der Waals surface area contributed by atoms with E-state index in [2.05, 4.69) is 21.2 Å². The molecule has 2 amide bonds. The van der Waals surface area contributed by atoms with Crippen LogP contribution in [-0.4, -0.2) is 42.5 Å². The molecule has 0 aromatic heterocycles. The van der Waals surface area contributed by atoms with Crippen molar-refractivity contribution in [2.24, 2.45) is 5.92 Å². The van der Waals surface area contributed by atoms with Crippen LogP contribution in [0.25, 0.3) is 0 Å². The summed E-state index contributed by atoms with van der Waals surface area (Å²) in [6.07, 6.45) is 2.92. The van der Waals surface area contributed by atoms with Crippen molar-refractivity contribution >= 4 is 33.4 Å². The van der Waals surface area contributed by atoms with E-state index in [-0.39, 0.29) is 23.8 Å². The van der Waals surface area contributed by atoms with E-state index >= 15 is 0 Å². The zero-order valence-electron chi connectivity index (χ0n) is 13.0. The molecule has 2 aliphatic rings. The zero-order valence-corrected chi connectivity index (χ0v) is 14.5. The fourth-order valence-electron chi connectivity index (χ4n) is 3.14. The first-order chi connectivity index (χ1) is 11.1. The van der Waals surface area contributed by atoms with Gasteiger partial charge in [-0.05, 0) is 53.7 Å². The molecular formula is C17H21BrN2O3. The standard InChI is InChI=1S/C17H21BrN2O3/c18-13-4-1-2-5-14(13)19-16(21)12-7-9-20(10-8-12)17(22)15-6-3-11-23-15/h1-2,4-5,12,15H,3,6-11H2,(H,19,21). The number of carbonyl (C=O) groups is 2. The van der Waals surface area contributed by atoms with E-state index in [0.29, 0.717) is 32.5 Å². The minimum Gasteiger partial charge on any atom is -0.368 e. The summed E-state index contributed by atoms with van der Waals surface area (Å²) < 4.78 is 6.33. The molecule has 3 rings (SSSR count). The Hall–Kier alpha value is -1.40. The Bertz CT molecular complexity index is 579. The van der Waals surface area contributed by atoms with Gasteiger partial charge in [-0.15, -0.1) is 0 Å². The smallest absolute Gasteiger partial charge is 0.251 e. The van der Waals surface area contributed by atoms with Gasteiger partial charge in [-0.3, -0.25) is 9.59 Å². The number of anilines is 1. The molecular weight excluding hydrogens is 360 g/mol. The molecule has 2 saturated heterocycles.